The maximum absolute atomic E-state index is 6.29. The minimum atomic E-state index is 0.620. The van der Waals surface area contributed by atoms with E-state index in [0.29, 0.717) is 23.0 Å². The molecule has 0 saturated carbocycles. The van der Waals surface area contributed by atoms with Crippen molar-refractivity contribution < 1.29 is 14.2 Å². The van der Waals surface area contributed by atoms with Gasteiger partial charge in [-0.2, -0.15) is 0 Å². The van der Waals surface area contributed by atoms with Gasteiger partial charge in [0, 0.05) is 23.3 Å². The Labute approximate surface area is 175 Å². The molecular weight excluding hydrogens is 376 g/mol. The fraction of sp³-hybridized carbons (Fsp3) is 0.120. The van der Waals surface area contributed by atoms with E-state index in [9.17, 15) is 0 Å². The van der Waals surface area contributed by atoms with Crippen LogP contribution in [0.3, 0.4) is 0 Å². The zero-order valence-electron chi connectivity index (χ0n) is 17.1. The number of hydrogen-bond donors (Lipinski definition) is 0. The lowest BCUT2D eigenvalue weighted by atomic mass is 10.1. The van der Waals surface area contributed by atoms with Gasteiger partial charge in [-0.3, -0.25) is 4.98 Å². The summed E-state index contributed by atoms with van der Waals surface area (Å²) in [6.07, 6.45) is 5.70. The Kier molecular flexibility index (Phi) is 5.61. The van der Waals surface area contributed by atoms with E-state index in [2.05, 4.69) is 9.97 Å². The second-order valence-corrected chi connectivity index (χ2v) is 6.72. The molecule has 30 heavy (non-hydrogen) atoms. The highest BCUT2D eigenvalue weighted by Gasteiger charge is 2.13. The number of ether oxygens (including phenoxy) is 3. The molecule has 0 saturated heterocycles. The average Bonchev–Trinajstić information content (AvgIpc) is 2.79. The van der Waals surface area contributed by atoms with E-state index >= 15 is 0 Å². The van der Waals surface area contributed by atoms with Crippen LogP contribution in [0.2, 0.25) is 0 Å². The van der Waals surface area contributed by atoms with Crippen molar-refractivity contribution in [2.75, 3.05) is 14.2 Å². The van der Waals surface area contributed by atoms with Gasteiger partial charge in [-0.15, -0.1) is 0 Å². The highest BCUT2D eigenvalue weighted by Crippen LogP contribution is 2.37. The van der Waals surface area contributed by atoms with Crippen LogP contribution in [0.1, 0.15) is 17.0 Å². The fourth-order valence-electron chi connectivity index (χ4n) is 3.16. The minimum Gasteiger partial charge on any atom is -0.493 e. The average molecular weight is 398 g/mol. The lowest BCUT2D eigenvalue weighted by Gasteiger charge is -2.13. The second-order valence-electron chi connectivity index (χ2n) is 6.72. The summed E-state index contributed by atoms with van der Waals surface area (Å²) in [5, 5.41) is 0.828. The summed E-state index contributed by atoms with van der Waals surface area (Å²) in [6.45, 7) is 1.96. The van der Waals surface area contributed by atoms with Crippen LogP contribution in [0.4, 0.5) is 0 Å². The molecule has 4 rings (SSSR count). The molecule has 2 aromatic heterocycles. The van der Waals surface area contributed by atoms with Crippen LogP contribution in [-0.2, 0) is 0 Å². The largest absolute Gasteiger partial charge is 0.493 e. The molecule has 0 aliphatic rings. The minimum absolute atomic E-state index is 0.620. The first kappa shape index (κ1) is 19.5. The zero-order chi connectivity index (χ0) is 20.9. The molecule has 2 heterocycles. The molecule has 0 fully saturated rings. The molecule has 0 radical (unpaired) electrons. The lowest BCUT2D eigenvalue weighted by molar-refractivity contribution is 0.355. The lowest BCUT2D eigenvalue weighted by Crippen LogP contribution is -1.95. The van der Waals surface area contributed by atoms with Crippen molar-refractivity contribution in [2.45, 2.75) is 6.92 Å². The van der Waals surface area contributed by atoms with Crippen molar-refractivity contribution in [1.29, 1.82) is 0 Å². The Morgan fingerprint density at radius 1 is 0.767 bits per heavy atom. The smallest absolute Gasteiger partial charge is 0.162 e. The van der Waals surface area contributed by atoms with E-state index in [-0.39, 0.29) is 0 Å². The molecule has 0 N–H and O–H groups in total. The highest BCUT2D eigenvalue weighted by molar-refractivity contribution is 5.88. The molecule has 0 aliphatic carbocycles. The van der Waals surface area contributed by atoms with Crippen LogP contribution >= 0.6 is 0 Å². The monoisotopic (exact) mass is 398 g/mol. The highest BCUT2D eigenvalue weighted by atomic mass is 16.5. The predicted octanol–water partition coefficient (Wildman–Crippen LogP) is 5.92. The van der Waals surface area contributed by atoms with Crippen molar-refractivity contribution in [3.05, 3.63) is 83.8 Å². The molecule has 0 spiro atoms. The zero-order valence-corrected chi connectivity index (χ0v) is 17.1. The third-order valence-electron chi connectivity index (χ3n) is 4.69. The molecule has 5 heteroatoms. The van der Waals surface area contributed by atoms with E-state index in [0.717, 1.165) is 27.9 Å². The number of nitrogens with zero attached hydrogens (tertiary/aromatic N) is 2. The molecule has 0 atom stereocenters. The van der Waals surface area contributed by atoms with E-state index in [1.165, 1.54) is 0 Å². The normalized spacial score (nSPS) is 11.0. The van der Waals surface area contributed by atoms with Crippen molar-refractivity contribution >= 4 is 23.1 Å². The fourth-order valence-corrected chi connectivity index (χ4v) is 3.16. The summed E-state index contributed by atoms with van der Waals surface area (Å²) in [5.74, 6) is 2.57. The molecule has 0 bridgehead atoms. The van der Waals surface area contributed by atoms with Crippen LogP contribution < -0.4 is 14.2 Å². The molecule has 4 aromatic rings. The number of methoxy groups -OCH3 is 2. The van der Waals surface area contributed by atoms with E-state index in [1.807, 2.05) is 79.7 Å². The summed E-state index contributed by atoms with van der Waals surface area (Å²) in [4.78, 5) is 9.09. The topological polar surface area (TPSA) is 53.5 Å². The number of hydrogen-bond acceptors (Lipinski definition) is 5. The van der Waals surface area contributed by atoms with Gasteiger partial charge in [-0.05, 0) is 42.8 Å². The Balaban J connectivity index is 1.74. The van der Waals surface area contributed by atoms with Gasteiger partial charge in [0.2, 0.25) is 0 Å². The van der Waals surface area contributed by atoms with Crippen LogP contribution in [0.5, 0.6) is 23.0 Å². The predicted molar refractivity (Wildman–Crippen MR) is 119 cm³/mol. The van der Waals surface area contributed by atoms with Crippen molar-refractivity contribution in [2.24, 2.45) is 0 Å². The number of aryl methyl sites for hydroxylation is 1. The number of aromatic nitrogens is 2. The van der Waals surface area contributed by atoms with Gasteiger partial charge in [-0.1, -0.05) is 36.4 Å². The third-order valence-corrected chi connectivity index (χ3v) is 4.69. The Morgan fingerprint density at radius 3 is 2.30 bits per heavy atom. The second kappa shape index (κ2) is 8.66. The Morgan fingerprint density at radius 2 is 1.53 bits per heavy atom. The molecule has 5 nitrogen and oxygen atoms in total. The standard InChI is InChI=1S/C25H22N2O3/c1-17-9-12-23(20(27-17)11-10-18-7-5-4-6-8-18)30-22-13-14-26-21-16-25(29-3)24(28-2)15-19(21)22/h4-16H,1-3H3/b11-10+. The summed E-state index contributed by atoms with van der Waals surface area (Å²) in [6, 6.07) is 19.5. The quantitative estimate of drug-likeness (QED) is 0.404. The van der Waals surface area contributed by atoms with Gasteiger partial charge < -0.3 is 14.2 Å². The SMILES string of the molecule is COc1cc2nccc(Oc3ccc(C)nc3/C=C/c3ccccc3)c2cc1OC. The first-order valence-corrected chi connectivity index (χ1v) is 9.57. The van der Waals surface area contributed by atoms with Crippen LogP contribution in [-0.4, -0.2) is 24.2 Å². The van der Waals surface area contributed by atoms with E-state index in [1.54, 1.807) is 20.4 Å². The molecule has 2 aromatic carbocycles. The first-order valence-electron chi connectivity index (χ1n) is 9.57. The number of pyridine rings is 2. The summed E-state index contributed by atoms with van der Waals surface area (Å²) in [7, 11) is 3.21. The van der Waals surface area contributed by atoms with Gasteiger partial charge in [0.1, 0.15) is 11.4 Å². The van der Waals surface area contributed by atoms with Crippen LogP contribution in [0, 0.1) is 6.92 Å². The Hall–Kier alpha value is -3.86. The maximum atomic E-state index is 6.29. The van der Waals surface area contributed by atoms with Gasteiger partial charge >= 0.3 is 0 Å². The molecule has 0 unspecified atom stereocenters. The summed E-state index contributed by atoms with van der Waals surface area (Å²) >= 11 is 0. The number of fused-ring (bicyclic) bond motifs is 1. The van der Waals surface area contributed by atoms with Crippen LogP contribution in [0.15, 0.2) is 66.9 Å². The van der Waals surface area contributed by atoms with Crippen molar-refractivity contribution in [3.8, 4) is 23.0 Å². The van der Waals surface area contributed by atoms with Gasteiger partial charge in [0.05, 0.1) is 19.7 Å². The molecule has 0 aliphatic heterocycles. The number of benzene rings is 2. The van der Waals surface area contributed by atoms with Gasteiger partial charge in [0.15, 0.2) is 17.2 Å². The third kappa shape index (κ3) is 4.10. The summed E-state index contributed by atoms with van der Waals surface area (Å²) < 4.78 is 17.1. The van der Waals surface area contributed by atoms with Gasteiger partial charge in [-0.25, -0.2) is 4.98 Å². The van der Waals surface area contributed by atoms with Gasteiger partial charge in [0.25, 0.3) is 0 Å². The van der Waals surface area contributed by atoms with Crippen molar-refractivity contribution in [1.82, 2.24) is 9.97 Å². The molecular formula is C25H22N2O3. The number of rotatable bonds is 6. The molecule has 150 valence electrons. The summed E-state index contributed by atoms with van der Waals surface area (Å²) in [5.41, 5.74) is 3.52. The van der Waals surface area contributed by atoms with E-state index in [4.69, 9.17) is 14.2 Å². The van der Waals surface area contributed by atoms with Crippen molar-refractivity contribution in [3.63, 3.8) is 0 Å². The maximum Gasteiger partial charge on any atom is 0.162 e. The van der Waals surface area contributed by atoms with Crippen LogP contribution in [0.25, 0.3) is 23.1 Å². The first-order chi connectivity index (χ1) is 14.7. The molecule has 0 amide bonds. The Bertz CT molecular complexity index is 1200. The van der Waals surface area contributed by atoms with E-state index < -0.39 is 0 Å².